The summed E-state index contributed by atoms with van der Waals surface area (Å²) in [5, 5.41) is 3.76. The quantitative estimate of drug-likeness (QED) is 0.466. The molecule has 0 radical (unpaired) electrons. The molecule has 7 nitrogen and oxygen atoms in total. The van der Waals surface area contributed by atoms with Crippen LogP contribution in [-0.2, 0) is 15.4 Å². The van der Waals surface area contributed by atoms with Crippen molar-refractivity contribution in [2.24, 2.45) is 0 Å². The predicted molar refractivity (Wildman–Crippen MR) is 125 cm³/mol. The van der Waals surface area contributed by atoms with Gasteiger partial charge in [-0.15, -0.1) is 0 Å². The molecule has 10 heteroatoms. The number of alkyl halides is 2. The van der Waals surface area contributed by atoms with Crippen molar-refractivity contribution in [1.82, 2.24) is 9.97 Å². The number of fused-ring (bicyclic) bond motifs is 1. The lowest BCUT2D eigenvalue weighted by Gasteiger charge is -2.22. The maximum absolute atomic E-state index is 15.0. The molecule has 0 spiro atoms. The molecule has 2 aromatic carbocycles. The minimum absolute atomic E-state index is 0.101. The van der Waals surface area contributed by atoms with Crippen LogP contribution in [0.25, 0.3) is 10.9 Å². The van der Waals surface area contributed by atoms with Gasteiger partial charge in [0.25, 0.3) is 5.92 Å². The lowest BCUT2D eigenvalue weighted by Crippen LogP contribution is -2.31. The van der Waals surface area contributed by atoms with E-state index in [1.807, 2.05) is 0 Å². The van der Waals surface area contributed by atoms with Gasteiger partial charge in [0.05, 0.1) is 37.4 Å². The highest BCUT2D eigenvalue weighted by Gasteiger charge is 2.32. The van der Waals surface area contributed by atoms with Crippen molar-refractivity contribution >= 4 is 16.7 Å². The van der Waals surface area contributed by atoms with Gasteiger partial charge in [-0.25, -0.2) is 23.1 Å². The molecule has 0 saturated carbocycles. The molecule has 1 fully saturated rings. The molecule has 0 aliphatic carbocycles. The molecule has 0 amide bonds. The van der Waals surface area contributed by atoms with E-state index in [0.717, 1.165) is 6.07 Å². The number of nitrogens with zero attached hydrogens (tertiary/aromatic N) is 2. The molecule has 2 unspecified atom stereocenters. The second-order valence-electron chi connectivity index (χ2n) is 8.57. The smallest absolute Gasteiger partial charge is 0.273 e. The van der Waals surface area contributed by atoms with E-state index in [-0.39, 0.29) is 17.8 Å². The molecule has 3 aromatic rings. The first-order valence-corrected chi connectivity index (χ1v) is 11.2. The molecule has 0 bridgehead atoms. The van der Waals surface area contributed by atoms with Gasteiger partial charge in [0.1, 0.15) is 23.6 Å². The van der Waals surface area contributed by atoms with Gasteiger partial charge < -0.3 is 24.3 Å². The zero-order valence-electron chi connectivity index (χ0n) is 20.2. The highest BCUT2D eigenvalue weighted by atomic mass is 19.3. The number of rotatable bonds is 8. The van der Waals surface area contributed by atoms with E-state index in [1.165, 1.54) is 19.2 Å². The highest BCUT2D eigenvalue weighted by molar-refractivity contribution is 5.92. The number of anilines is 1. The molecular formula is C25H28F3N3O4. The maximum atomic E-state index is 15.0. The third-order valence-corrected chi connectivity index (χ3v) is 5.97. The minimum Gasteiger partial charge on any atom is -0.493 e. The summed E-state index contributed by atoms with van der Waals surface area (Å²) in [7, 11) is 3.12. The molecule has 1 N–H and O–H groups in total. The number of hydrogen-bond acceptors (Lipinski definition) is 7. The lowest BCUT2D eigenvalue weighted by molar-refractivity contribution is 0.0136. The summed E-state index contributed by atoms with van der Waals surface area (Å²) < 4.78 is 65.2. The van der Waals surface area contributed by atoms with Gasteiger partial charge in [-0.05, 0) is 19.9 Å². The van der Waals surface area contributed by atoms with Crippen LogP contribution in [0.4, 0.5) is 19.0 Å². The molecule has 188 valence electrons. The number of ether oxygens (including phenoxy) is 4. The molecule has 35 heavy (non-hydrogen) atoms. The van der Waals surface area contributed by atoms with E-state index in [0.29, 0.717) is 54.2 Å². The van der Waals surface area contributed by atoms with Crippen molar-refractivity contribution in [3.05, 3.63) is 53.1 Å². The van der Waals surface area contributed by atoms with Crippen LogP contribution in [0.15, 0.2) is 30.3 Å². The first-order valence-electron chi connectivity index (χ1n) is 11.2. The zero-order chi connectivity index (χ0) is 25.3. The number of benzene rings is 2. The number of methoxy groups -OCH3 is 2. The Labute approximate surface area is 201 Å². The van der Waals surface area contributed by atoms with E-state index in [2.05, 4.69) is 15.3 Å². The Morgan fingerprint density at radius 1 is 1.11 bits per heavy atom. The van der Waals surface area contributed by atoms with Gasteiger partial charge in [-0.2, -0.15) is 0 Å². The molecule has 1 aromatic heterocycles. The molecule has 4 rings (SSSR count). The van der Waals surface area contributed by atoms with Gasteiger partial charge in [-0.3, -0.25) is 0 Å². The molecule has 1 saturated heterocycles. The van der Waals surface area contributed by atoms with Crippen molar-refractivity contribution in [1.29, 1.82) is 0 Å². The lowest BCUT2D eigenvalue weighted by atomic mass is 10.0. The van der Waals surface area contributed by atoms with E-state index in [4.69, 9.17) is 18.9 Å². The van der Waals surface area contributed by atoms with Gasteiger partial charge in [0.2, 0.25) is 0 Å². The molecule has 3 atom stereocenters. The Balaban J connectivity index is 1.72. The summed E-state index contributed by atoms with van der Waals surface area (Å²) in [6.07, 6.45) is -0.560. The summed E-state index contributed by atoms with van der Waals surface area (Å²) in [6, 6.07) is 6.78. The molecule has 1 aliphatic rings. The molecule has 1 aliphatic heterocycles. The van der Waals surface area contributed by atoms with Crippen molar-refractivity contribution in [2.75, 3.05) is 32.8 Å². The van der Waals surface area contributed by atoms with Gasteiger partial charge in [0, 0.05) is 31.0 Å². The normalized spacial score (nSPS) is 19.1. The Morgan fingerprint density at radius 3 is 2.54 bits per heavy atom. The zero-order valence-corrected chi connectivity index (χ0v) is 20.2. The molecular weight excluding hydrogens is 463 g/mol. The Hall–Kier alpha value is -3.11. The predicted octanol–water partition coefficient (Wildman–Crippen LogP) is 5.16. The summed E-state index contributed by atoms with van der Waals surface area (Å²) >= 11 is 0. The van der Waals surface area contributed by atoms with Crippen LogP contribution in [0.2, 0.25) is 0 Å². The second-order valence-corrected chi connectivity index (χ2v) is 8.57. The number of aryl methyl sites for hydroxylation is 1. The average Bonchev–Trinajstić information content (AvgIpc) is 3.25. The maximum Gasteiger partial charge on any atom is 0.273 e. The number of aromatic nitrogens is 2. The highest BCUT2D eigenvalue weighted by Crippen LogP contribution is 2.37. The number of hydrogen-bond donors (Lipinski definition) is 1. The van der Waals surface area contributed by atoms with Crippen molar-refractivity contribution in [3.8, 4) is 11.5 Å². The van der Waals surface area contributed by atoms with Gasteiger partial charge in [0.15, 0.2) is 17.6 Å². The number of nitrogens with one attached hydrogen (secondary N) is 1. The largest absolute Gasteiger partial charge is 0.493 e. The first-order chi connectivity index (χ1) is 16.6. The summed E-state index contributed by atoms with van der Waals surface area (Å²) in [5.74, 6) is -2.45. The monoisotopic (exact) mass is 491 g/mol. The van der Waals surface area contributed by atoms with Crippen molar-refractivity contribution in [2.45, 2.75) is 44.9 Å². The van der Waals surface area contributed by atoms with E-state index < -0.39 is 23.3 Å². The van der Waals surface area contributed by atoms with Crippen LogP contribution in [0, 0.1) is 12.7 Å². The minimum atomic E-state index is -3.30. The fourth-order valence-electron chi connectivity index (χ4n) is 4.13. The second kappa shape index (κ2) is 9.87. The standard InChI is InChI=1S/C25H28F3N3O4/c1-13(15-7-6-8-17(23(15)26)25(3,27)28)29-24-16-9-20(35-22-12-34-11-21(22)33-5)19(32-4)10-18(16)30-14(2)31-24/h6-10,13,21-22H,11-12H2,1-5H3,(H,29,30,31)/t13-,21?,22?/m1/s1. The SMILES string of the molecule is COc1cc2nc(C)nc(N[C@H](C)c3cccc(C(C)(F)F)c3F)c2cc1OC1COCC1OC. The first kappa shape index (κ1) is 25.0. The summed E-state index contributed by atoms with van der Waals surface area (Å²) in [6.45, 7) is 4.87. The Bertz CT molecular complexity index is 1220. The van der Waals surface area contributed by atoms with Crippen LogP contribution < -0.4 is 14.8 Å². The molecule has 2 heterocycles. The van der Waals surface area contributed by atoms with Gasteiger partial charge in [-0.1, -0.05) is 18.2 Å². The Morgan fingerprint density at radius 2 is 1.86 bits per heavy atom. The van der Waals surface area contributed by atoms with Crippen molar-refractivity contribution in [3.63, 3.8) is 0 Å². The van der Waals surface area contributed by atoms with Crippen LogP contribution in [0.1, 0.15) is 36.8 Å². The van der Waals surface area contributed by atoms with Crippen LogP contribution >= 0.6 is 0 Å². The van der Waals surface area contributed by atoms with Gasteiger partial charge >= 0.3 is 0 Å². The third kappa shape index (κ3) is 5.13. The van der Waals surface area contributed by atoms with E-state index >= 15 is 0 Å². The fourth-order valence-corrected chi connectivity index (χ4v) is 4.13. The van der Waals surface area contributed by atoms with Crippen LogP contribution in [-0.4, -0.2) is 49.6 Å². The third-order valence-electron chi connectivity index (χ3n) is 5.97. The van der Waals surface area contributed by atoms with Crippen molar-refractivity contribution < 1.29 is 32.1 Å². The Kier molecular flexibility index (Phi) is 7.05. The number of halogens is 3. The average molecular weight is 492 g/mol. The topological polar surface area (TPSA) is 74.7 Å². The van der Waals surface area contributed by atoms with Crippen LogP contribution in [0.3, 0.4) is 0 Å². The van der Waals surface area contributed by atoms with E-state index in [9.17, 15) is 13.2 Å². The summed E-state index contributed by atoms with van der Waals surface area (Å²) in [5.41, 5.74) is 0.0282. The summed E-state index contributed by atoms with van der Waals surface area (Å²) in [4.78, 5) is 8.97. The van der Waals surface area contributed by atoms with E-state index in [1.54, 1.807) is 33.1 Å². The fraction of sp³-hybridized carbons (Fsp3) is 0.440. The van der Waals surface area contributed by atoms with Crippen LogP contribution in [0.5, 0.6) is 11.5 Å².